The van der Waals surface area contributed by atoms with Crippen molar-refractivity contribution in [1.82, 2.24) is 24.8 Å². The zero-order valence-corrected chi connectivity index (χ0v) is 13.7. The van der Waals surface area contributed by atoms with E-state index >= 15 is 0 Å². The topological polar surface area (TPSA) is 79.3 Å². The third-order valence-electron chi connectivity index (χ3n) is 4.28. The van der Waals surface area contributed by atoms with E-state index in [-0.39, 0.29) is 11.8 Å². The molecule has 24 heavy (non-hydrogen) atoms. The Balaban J connectivity index is 2.10. The summed E-state index contributed by atoms with van der Waals surface area (Å²) >= 11 is 0. The molecule has 1 aliphatic rings. The number of hydrogen-bond acceptors (Lipinski definition) is 5. The summed E-state index contributed by atoms with van der Waals surface area (Å²) in [5.74, 6) is -0.390. The smallest absolute Gasteiger partial charge is 0.256 e. The standard InChI is InChI=1S/C17H19N5O2/c1-21(2)16(24)17(14-12-19-8-9-20-14)6-4-10-22(17)15(23)13-5-3-7-18-11-13/h3,5,7-9,11-12H,4,6,10H2,1-2H3. The summed E-state index contributed by atoms with van der Waals surface area (Å²) in [4.78, 5) is 41.7. The van der Waals surface area contributed by atoms with Crippen molar-refractivity contribution in [2.24, 2.45) is 0 Å². The van der Waals surface area contributed by atoms with E-state index in [0.717, 1.165) is 6.42 Å². The van der Waals surface area contributed by atoms with Gasteiger partial charge in [-0.05, 0) is 25.0 Å². The number of carbonyl (C=O) groups excluding carboxylic acids is 2. The van der Waals surface area contributed by atoms with E-state index in [4.69, 9.17) is 0 Å². The van der Waals surface area contributed by atoms with Crippen LogP contribution in [-0.2, 0) is 10.3 Å². The molecule has 0 radical (unpaired) electrons. The molecule has 1 saturated heterocycles. The van der Waals surface area contributed by atoms with Crippen molar-refractivity contribution < 1.29 is 9.59 Å². The van der Waals surface area contributed by atoms with E-state index in [1.54, 1.807) is 55.9 Å². The molecule has 3 rings (SSSR count). The molecule has 0 aliphatic carbocycles. The zero-order valence-electron chi connectivity index (χ0n) is 13.7. The van der Waals surface area contributed by atoms with Crippen LogP contribution in [0.2, 0.25) is 0 Å². The SMILES string of the molecule is CN(C)C(=O)C1(c2cnccn2)CCCN1C(=O)c1cccnc1. The van der Waals surface area contributed by atoms with Gasteiger partial charge in [-0.15, -0.1) is 0 Å². The van der Waals surface area contributed by atoms with Crippen LogP contribution in [0.3, 0.4) is 0 Å². The number of hydrogen-bond donors (Lipinski definition) is 0. The Morgan fingerprint density at radius 3 is 2.58 bits per heavy atom. The first-order valence-corrected chi connectivity index (χ1v) is 7.77. The second kappa shape index (κ2) is 6.35. The van der Waals surface area contributed by atoms with Crippen molar-refractivity contribution in [2.75, 3.05) is 20.6 Å². The number of amides is 2. The van der Waals surface area contributed by atoms with Gasteiger partial charge in [0.05, 0.1) is 17.5 Å². The molecule has 1 unspecified atom stereocenters. The molecule has 2 aromatic heterocycles. The van der Waals surface area contributed by atoms with Gasteiger partial charge in [-0.3, -0.25) is 24.5 Å². The largest absolute Gasteiger partial charge is 0.346 e. The summed E-state index contributed by atoms with van der Waals surface area (Å²) in [7, 11) is 3.37. The van der Waals surface area contributed by atoms with Gasteiger partial charge in [0.25, 0.3) is 11.8 Å². The predicted molar refractivity (Wildman–Crippen MR) is 86.9 cm³/mol. The molecular weight excluding hydrogens is 306 g/mol. The Hall–Kier alpha value is -2.83. The van der Waals surface area contributed by atoms with E-state index in [9.17, 15) is 9.59 Å². The molecule has 2 amide bonds. The molecule has 0 saturated carbocycles. The number of nitrogens with zero attached hydrogens (tertiary/aromatic N) is 5. The minimum atomic E-state index is -1.12. The van der Waals surface area contributed by atoms with Crippen LogP contribution in [-0.4, -0.2) is 57.2 Å². The molecule has 1 atom stereocenters. The summed E-state index contributed by atoms with van der Waals surface area (Å²) in [5.41, 5.74) is -0.164. The maximum absolute atomic E-state index is 13.1. The van der Waals surface area contributed by atoms with Crippen molar-refractivity contribution in [2.45, 2.75) is 18.4 Å². The van der Waals surface area contributed by atoms with Crippen LogP contribution in [0.15, 0.2) is 43.1 Å². The van der Waals surface area contributed by atoms with Crippen molar-refractivity contribution in [1.29, 1.82) is 0 Å². The minimum absolute atomic E-state index is 0.169. The number of likely N-dealkylation sites (N-methyl/N-ethyl adjacent to an activating group) is 1. The fraction of sp³-hybridized carbons (Fsp3) is 0.353. The molecule has 0 spiro atoms. The van der Waals surface area contributed by atoms with Crippen LogP contribution in [0.4, 0.5) is 0 Å². The highest BCUT2D eigenvalue weighted by Gasteiger charge is 2.53. The van der Waals surface area contributed by atoms with Gasteiger partial charge in [0.15, 0.2) is 5.54 Å². The molecule has 7 nitrogen and oxygen atoms in total. The molecule has 7 heteroatoms. The fourth-order valence-corrected chi connectivity index (χ4v) is 3.22. The lowest BCUT2D eigenvalue weighted by Gasteiger charge is -2.38. The Labute approximate surface area is 140 Å². The summed E-state index contributed by atoms with van der Waals surface area (Å²) in [6.07, 6.45) is 9.04. The van der Waals surface area contributed by atoms with Gasteiger partial charge in [-0.25, -0.2) is 0 Å². The van der Waals surface area contributed by atoms with Crippen LogP contribution in [0.5, 0.6) is 0 Å². The summed E-state index contributed by atoms with van der Waals surface area (Å²) in [5, 5.41) is 0. The van der Waals surface area contributed by atoms with Gasteiger partial charge in [0, 0.05) is 45.4 Å². The lowest BCUT2D eigenvalue weighted by atomic mass is 9.90. The van der Waals surface area contributed by atoms with Gasteiger partial charge in [-0.1, -0.05) is 0 Å². The number of carbonyl (C=O) groups is 2. The third kappa shape index (κ3) is 2.51. The predicted octanol–water partition coefficient (Wildman–Crippen LogP) is 1.09. The fourth-order valence-electron chi connectivity index (χ4n) is 3.22. The van der Waals surface area contributed by atoms with Crippen molar-refractivity contribution in [3.05, 3.63) is 54.4 Å². The highest BCUT2D eigenvalue weighted by molar-refractivity contribution is 5.99. The minimum Gasteiger partial charge on any atom is -0.346 e. The monoisotopic (exact) mass is 325 g/mol. The zero-order chi connectivity index (χ0) is 17.2. The first-order chi connectivity index (χ1) is 11.6. The Morgan fingerprint density at radius 1 is 1.17 bits per heavy atom. The second-order valence-electron chi connectivity index (χ2n) is 5.95. The highest BCUT2D eigenvalue weighted by Crippen LogP contribution is 2.40. The number of pyridine rings is 1. The number of likely N-dealkylation sites (tertiary alicyclic amines) is 1. The normalized spacial score (nSPS) is 20.0. The van der Waals surface area contributed by atoms with Crippen LogP contribution in [0.25, 0.3) is 0 Å². The maximum Gasteiger partial charge on any atom is 0.256 e. The summed E-state index contributed by atoms with van der Waals surface area (Å²) in [6, 6.07) is 3.41. The third-order valence-corrected chi connectivity index (χ3v) is 4.28. The van der Waals surface area contributed by atoms with Crippen LogP contribution < -0.4 is 0 Å². The number of rotatable bonds is 3. The van der Waals surface area contributed by atoms with Gasteiger partial charge in [0.2, 0.25) is 0 Å². The van der Waals surface area contributed by atoms with E-state index in [1.807, 2.05) is 0 Å². The quantitative estimate of drug-likeness (QED) is 0.844. The molecule has 1 fully saturated rings. The molecule has 0 N–H and O–H groups in total. The van der Waals surface area contributed by atoms with Gasteiger partial charge < -0.3 is 9.80 Å². The maximum atomic E-state index is 13.1. The lowest BCUT2D eigenvalue weighted by molar-refractivity contribution is -0.140. The molecule has 124 valence electrons. The first-order valence-electron chi connectivity index (χ1n) is 7.77. The van der Waals surface area contributed by atoms with Crippen LogP contribution in [0, 0.1) is 0 Å². The van der Waals surface area contributed by atoms with Gasteiger partial charge >= 0.3 is 0 Å². The average Bonchev–Trinajstić information content (AvgIpc) is 3.07. The first kappa shape index (κ1) is 16.0. The highest BCUT2D eigenvalue weighted by atomic mass is 16.2. The van der Waals surface area contributed by atoms with E-state index in [1.165, 1.54) is 11.1 Å². The van der Waals surface area contributed by atoms with E-state index in [2.05, 4.69) is 15.0 Å². The molecule has 0 aromatic carbocycles. The summed E-state index contributed by atoms with van der Waals surface area (Å²) in [6.45, 7) is 0.490. The van der Waals surface area contributed by atoms with Crippen LogP contribution in [0.1, 0.15) is 28.9 Å². The van der Waals surface area contributed by atoms with Crippen molar-refractivity contribution in [3.8, 4) is 0 Å². The Kier molecular flexibility index (Phi) is 4.24. The van der Waals surface area contributed by atoms with Crippen molar-refractivity contribution >= 4 is 11.8 Å². The van der Waals surface area contributed by atoms with Gasteiger partial charge in [0.1, 0.15) is 0 Å². The molecule has 2 aromatic rings. The molecular formula is C17H19N5O2. The Bertz CT molecular complexity index is 735. The molecule has 3 heterocycles. The van der Waals surface area contributed by atoms with Gasteiger partial charge in [-0.2, -0.15) is 0 Å². The van der Waals surface area contributed by atoms with Crippen LogP contribution >= 0.6 is 0 Å². The lowest BCUT2D eigenvalue weighted by Crippen LogP contribution is -2.55. The Morgan fingerprint density at radius 2 is 1.96 bits per heavy atom. The average molecular weight is 325 g/mol. The van der Waals surface area contributed by atoms with Crippen molar-refractivity contribution in [3.63, 3.8) is 0 Å². The molecule has 1 aliphatic heterocycles. The van der Waals surface area contributed by atoms with E-state index < -0.39 is 5.54 Å². The summed E-state index contributed by atoms with van der Waals surface area (Å²) < 4.78 is 0. The second-order valence-corrected chi connectivity index (χ2v) is 5.95. The molecule has 0 bridgehead atoms. The van der Waals surface area contributed by atoms with E-state index in [0.29, 0.717) is 24.2 Å². The number of aromatic nitrogens is 3.